The van der Waals surface area contributed by atoms with Crippen LogP contribution in [-0.4, -0.2) is 5.97 Å². The summed E-state index contributed by atoms with van der Waals surface area (Å²) in [5.74, 6) is -0.181. The van der Waals surface area contributed by atoms with Gasteiger partial charge in [0.15, 0.2) is 0 Å². The third kappa shape index (κ3) is 3.01. The summed E-state index contributed by atoms with van der Waals surface area (Å²) in [7, 11) is 0. The van der Waals surface area contributed by atoms with Gasteiger partial charge in [0.2, 0.25) is 0 Å². The lowest BCUT2D eigenvalue weighted by atomic mass is 10.0. The third-order valence-electron chi connectivity index (χ3n) is 4.11. The van der Waals surface area contributed by atoms with Gasteiger partial charge in [-0.25, -0.2) is 4.79 Å². The number of fused-ring (bicyclic) bond motifs is 2. The minimum atomic E-state index is -0.527. The minimum Gasteiger partial charge on any atom is -0.421 e. The van der Waals surface area contributed by atoms with Crippen molar-refractivity contribution >= 4 is 62.3 Å². The van der Waals surface area contributed by atoms with Gasteiger partial charge in [0.05, 0.1) is 15.6 Å². The van der Waals surface area contributed by atoms with Crippen LogP contribution in [-0.2, 0) is 0 Å². The number of esters is 1. The first kappa shape index (κ1) is 17.2. The van der Waals surface area contributed by atoms with E-state index in [1.807, 2.05) is 30.3 Å². The van der Waals surface area contributed by atoms with E-state index in [1.54, 1.807) is 36.4 Å². The summed E-state index contributed by atoms with van der Waals surface area (Å²) in [4.78, 5) is 12.7. The number of hydrogen-bond acceptors (Lipinski definition) is 2. The normalized spacial score (nSPS) is 11.0. The summed E-state index contributed by atoms with van der Waals surface area (Å²) in [6.07, 6.45) is 0. The average Bonchev–Trinajstić information content (AvgIpc) is 2.61. The highest BCUT2D eigenvalue weighted by atomic mass is 35.5. The highest BCUT2D eigenvalue weighted by Crippen LogP contribution is 2.42. The van der Waals surface area contributed by atoms with Gasteiger partial charge in [-0.1, -0.05) is 65.1 Å². The Morgan fingerprint density at radius 3 is 1.88 bits per heavy atom. The van der Waals surface area contributed by atoms with Gasteiger partial charge >= 0.3 is 5.97 Å². The van der Waals surface area contributed by atoms with E-state index in [2.05, 4.69) is 0 Å². The zero-order valence-electron chi connectivity index (χ0n) is 13.3. The van der Waals surface area contributed by atoms with Crippen molar-refractivity contribution in [2.24, 2.45) is 0 Å². The summed E-state index contributed by atoms with van der Waals surface area (Å²) in [6, 6.07) is 19.6. The Labute approximate surface area is 164 Å². The maximum atomic E-state index is 12.7. The number of benzene rings is 4. The van der Waals surface area contributed by atoms with E-state index >= 15 is 0 Å². The first-order valence-electron chi connectivity index (χ1n) is 7.82. The van der Waals surface area contributed by atoms with Gasteiger partial charge in [-0.3, -0.25) is 0 Å². The summed E-state index contributed by atoms with van der Waals surface area (Å²) < 4.78 is 5.78. The Hall–Kier alpha value is -2.26. The molecule has 0 aliphatic carbocycles. The predicted octanol–water partition coefficient (Wildman–Crippen LogP) is 7.17. The van der Waals surface area contributed by atoms with E-state index in [9.17, 15) is 4.79 Å². The molecule has 4 aromatic carbocycles. The molecule has 0 N–H and O–H groups in total. The summed E-state index contributed by atoms with van der Waals surface area (Å²) in [5, 5.41) is 4.44. The zero-order valence-corrected chi connectivity index (χ0v) is 15.6. The van der Waals surface area contributed by atoms with E-state index in [4.69, 9.17) is 39.5 Å². The van der Waals surface area contributed by atoms with Crippen LogP contribution in [0.5, 0.6) is 5.75 Å². The molecule has 0 heterocycles. The van der Waals surface area contributed by atoms with Crippen LogP contribution in [0.1, 0.15) is 10.4 Å². The average molecular weight is 402 g/mol. The Kier molecular flexibility index (Phi) is 4.49. The lowest BCUT2D eigenvalue weighted by Gasteiger charge is -2.14. The molecule has 0 saturated heterocycles. The fourth-order valence-electron chi connectivity index (χ4n) is 2.96. The fourth-order valence-corrected chi connectivity index (χ4v) is 3.69. The molecule has 0 radical (unpaired) electrons. The van der Waals surface area contributed by atoms with E-state index < -0.39 is 5.97 Å². The first-order valence-corrected chi connectivity index (χ1v) is 8.95. The van der Waals surface area contributed by atoms with Gasteiger partial charge in [0.25, 0.3) is 0 Å². The topological polar surface area (TPSA) is 26.3 Å². The lowest BCUT2D eigenvalue weighted by Crippen LogP contribution is -2.09. The molecule has 0 aliphatic rings. The maximum Gasteiger partial charge on any atom is 0.343 e. The first-order chi connectivity index (χ1) is 12.5. The van der Waals surface area contributed by atoms with E-state index in [0.29, 0.717) is 37.2 Å². The number of carbonyl (C=O) groups is 1. The number of ether oxygens (including phenoxy) is 1. The zero-order chi connectivity index (χ0) is 18.3. The van der Waals surface area contributed by atoms with Crippen molar-refractivity contribution in [3.05, 3.63) is 87.4 Å². The second kappa shape index (κ2) is 6.81. The van der Waals surface area contributed by atoms with Crippen LogP contribution in [0, 0.1) is 0 Å². The minimum absolute atomic E-state index is 0.346. The van der Waals surface area contributed by atoms with Crippen molar-refractivity contribution in [1.29, 1.82) is 0 Å². The monoisotopic (exact) mass is 400 g/mol. The van der Waals surface area contributed by atoms with Crippen molar-refractivity contribution in [1.82, 2.24) is 0 Å². The van der Waals surface area contributed by atoms with Gasteiger partial charge in [-0.2, -0.15) is 0 Å². The molecule has 0 fully saturated rings. The molecule has 0 spiro atoms. The Balaban J connectivity index is 1.98. The van der Waals surface area contributed by atoms with Crippen molar-refractivity contribution in [2.75, 3.05) is 0 Å². The molecule has 0 saturated carbocycles. The van der Waals surface area contributed by atoms with Gasteiger partial charge < -0.3 is 4.74 Å². The molecule has 5 heteroatoms. The number of hydrogen-bond donors (Lipinski definition) is 0. The quantitative estimate of drug-likeness (QED) is 0.202. The smallest absolute Gasteiger partial charge is 0.343 e. The molecule has 0 unspecified atom stereocenters. The molecule has 128 valence electrons. The fraction of sp³-hybridized carbons (Fsp3) is 0. The highest BCUT2D eigenvalue weighted by Gasteiger charge is 2.18. The summed E-state index contributed by atoms with van der Waals surface area (Å²) in [6.45, 7) is 0. The lowest BCUT2D eigenvalue weighted by molar-refractivity contribution is 0.0739. The van der Waals surface area contributed by atoms with Crippen molar-refractivity contribution < 1.29 is 9.53 Å². The van der Waals surface area contributed by atoms with Crippen LogP contribution >= 0.6 is 34.8 Å². The van der Waals surface area contributed by atoms with Gasteiger partial charge in [0.1, 0.15) is 5.75 Å². The van der Waals surface area contributed by atoms with E-state index in [-0.39, 0.29) is 0 Å². The number of rotatable bonds is 2. The molecule has 0 bridgehead atoms. The Morgan fingerprint density at radius 2 is 1.31 bits per heavy atom. The molecule has 2 nitrogen and oxygen atoms in total. The van der Waals surface area contributed by atoms with Gasteiger partial charge in [0, 0.05) is 15.8 Å². The summed E-state index contributed by atoms with van der Waals surface area (Å²) in [5.41, 5.74) is 0.349. The predicted molar refractivity (Wildman–Crippen MR) is 108 cm³/mol. The van der Waals surface area contributed by atoms with Crippen molar-refractivity contribution in [2.45, 2.75) is 0 Å². The molecule has 0 atom stereocenters. The van der Waals surface area contributed by atoms with Crippen LogP contribution in [0.4, 0.5) is 0 Å². The van der Waals surface area contributed by atoms with Crippen molar-refractivity contribution in [3.8, 4) is 5.75 Å². The number of carbonyl (C=O) groups excluding carboxylic acids is 1. The highest BCUT2D eigenvalue weighted by molar-refractivity contribution is 6.39. The van der Waals surface area contributed by atoms with Crippen LogP contribution in [0.15, 0.2) is 66.7 Å². The SMILES string of the molecule is O=C(Oc1c2c(Cl)cccc2cc2cccc(Cl)c12)c1cccc(Cl)c1. The molecular formula is C21H11Cl3O2. The van der Waals surface area contributed by atoms with E-state index in [0.717, 1.165) is 10.8 Å². The molecule has 4 rings (SSSR count). The van der Waals surface area contributed by atoms with Crippen LogP contribution in [0.3, 0.4) is 0 Å². The summed E-state index contributed by atoms with van der Waals surface area (Å²) >= 11 is 18.8. The van der Waals surface area contributed by atoms with E-state index in [1.165, 1.54) is 0 Å². The number of halogens is 3. The largest absolute Gasteiger partial charge is 0.421 e. The standard InChI is InChI=1S/C21H11Cl3O2/c22-15-7-1-6-14(11-15)21(25)26-20-18-12(4-2-8-16(18)23)10-13-5-3-9-17(24)19(13)20/h1-11H. The van der Waals surface area contributed by atoms with Crippen LogP contribution in [0.25, 0.3) is 21.5 Å². The third-order valence-corrected chi connectivity index (χ3v) is 4.98. The van der Waals surface area contributed by atoms with Gasteiger partial charge in [-0.15, -0.1) is 0 Å². The molecule has 0 aliphatic heterocycles. The Bertz CT molecular complexity index is 1110. The van der Waals surface area contributed by atoms with Crippen molar-refractivity contribution in [3.63, 3.8) is 0 Å². The second-order valence-corrected chi connectivity index (χ2v) is 7.03. The van der Waals surface area contributed by atoms with Gasteiger partial charge in [-0.05, 0) is 47.2 Å². The Morgan fingerprint density at radius 1 is 0.731 bits per heavy atom. The van der Waals surface area contributed by atoms with Crippen LogP contribution in [0.2, 0.25) is 15.1 Å². The van der Waals surface area contributed by atoms with Crippen LogP contribution < -0.4 is 4.74 Å². The molecule has 4 aromatic rings. The maximum absolute atomic E-state index is 12.7. The second-order valence-electron chi connectivity index (χ2n) is 5.78. The molecule has 0 amide bonds. The molecular weight excluding hydrogens is 391 g/mol. The molecule has 26 heavy (non-hydrogen) atoms. The molecule has 0 aromatic heterocycles.